The number of nitrogens with one attached hydrogen (secondary N) is 1. The van der Waals surface area contributed by atoms with E-state index in [0.29, 0.717) is 6.61 Å². The average molecular weight is 292 g/mol. The van der Waals surface area contributed by atoms with Gasteiger partial charge in [-0.1, -0.05) is 6.07 Å². The highest BCUT2D eigenvalue weighted by atomic mass is 19.1. The lowest BCUT2D eigenvalue weighted by Crippen LogP contribution is -2.15. The first-order valence-electron chi connectivity index (χ1n) is 6.30. The van der Waals surface area contributed by atoms with Crippen molar-refractivity contribution in [3.63, 3.8) is 0 Å². The van der Waals surface area contributed by atoms with Crippen LogP contribution in [0.2, 0.25) is 0 Å². The molecular weight excluding hydrogens is 278 g/mol. The highest BCUT2D eigenvalue weighted by Crippen LogP contribution is 2.27. The number of carbonyl (C=O) groups excluding carboxylic acids is 1. The maximum Gasteiger partial charge on any atom is 0.257 e. The van der Waals surface area contributed by atoms with E-state index in [0.717, 1.165) is 12.1 Å². The summed E-state index contributed by atoms with van der Waals surface area (Å²) in [7, 11) is 0. The Morgan fingerprint density at radius 1 is 1.29 bits per heavy atom. The Morgan fingerprint density at radius 3 is 2.76 bits per heavy atom. The fourth-order valence-electron chi connectivity index (χ4n) is 1.80. The van der Waals surface area contributed by atoms with Gasteiger partial charge in [-0.25, -0.2) is 8.78 Å². The van der Waals surface area contributed by atoms with Gasteiger partial charge >= 0.3 is 0 Å². The third-order valence-electron chi connectivity index (χ3n) is 2.79. The fourth-order valence-corrected chi connectivity index (χ4v) is 1.80. The number of rotatable bonds is 4. The van der Waals surface area contributed by atoms with Gasteiger partial charge in [0.15, 0.2) is 0 Å². The van der Waals surface area contributed by atoms with Gasteiger partial charge in [0, 0.05) is 6.07 Å². The number of nitrogens with two attached hydrogens (primary N) is 1. The van der Waals surface area contributed by atoms with Crippen molar-refractivity contribution in [3.05, 3.63) is 53.6 Å². The van der Waals surface area contributed by atoms with Gasteiger partial charge in [0.2, 0.25) is 0 Å². The monoisotopic (exact) mass is 292 g/mol. The van der Waals surface area contributed by atoms with Crippen molar-refractivity contribution in [2.75, 3.05) is 17.7 Å². The van der Waals surface area contributed by atoms with Crippen LogP contribution in [0, 0.1) is 11.6 Å². The molecule has 0 aliphatic carbocycles. The Hall–Kier alpha value is -2.63. The van der Waals surface area contributed by atoms with E-state index >= 15 is 0 Å². The molecular formula is C15H14F2N2O2. The second-order valence-electron chi connectivity index (χ2n) is 4.23. The van der Waals surface area contributed by atoms with E-state index < -0.39 is 17.5 Å². The van der Waals surface area contributed by atoms with Gasteiger partial charge in [-0.3, -0.25) is 4.79 Å². The molecule has 1 amide bonds. The molecule has 21 heavy (non-hydrogen) atoms. The Labute approximate surface area is 120 Å². The third kappa shape index (κ3) is 3.28. The summed E-state index contributed by atoms with van der Waals surface area (Å²) in [5, 5.41) is 2.53. The second kappa shape index (κ2) is 6.21. The Bertz CT molecular complexity index is 675. The van der Waals surface area contributed by atoms with Crippen molar-refractivity contribution >= 4 is 17.3 Å². The SMILES string of the molecule is CCOc1cc(F)ccc1NC(=O)c1cccc(F)c1N. The summed E-state index contributed by atoms with van der Waals surface area (Å²) in [6.45, 7) is 2.05. The minimum Gasteiger partial charge on any atom is -0.492 e. The van der Waals surface area contributed by atoms with E-state index in [1.165, 1.54) is 24.3 Å². The smallest absolute Gasteiger partial charge is 0.257 e. The summed E-state index contributed by atoms with van der Waals surface area (Å²) in [6.07, 6.45) is 0. The number of hydrogen-bond donors (Lipinski definition) is 2. The van der Waals surface area contributed by atoms with Gasteiger partial charge in [-0.05, 0) is 31.2 Å². The second-order valence-corrected chi connectivity index (χ2v) is 4.23. The summed E-state index contributed by atoms with van der Waals surface area (Å²) in [4.78, 5) is 12.1. The number of anilines is 2. The Morgan fingerprint density at radius 2 is 2.05 bits per heavy atom. The molecule has 2 aromatic rings. The Kier molecular flexibility index (Phi) is 4.37. The molecule has 0 fully saturated rings. The van der Waals surface area contributed by atoms with Crippen molar-refractivity contribution < 1.29 is 18.3 Å². The van der Waals surface area contributed by atoms with E-state index in [2.05, 4.69) is 5.32 Å². The largest absolute Gasteiger partial charge is 0.492 e. The van der Waals surface area contributed by atoms with Crippen LogP contribution in [-0.2, 0) is 0 Å². The summed E-state index contributed by atoms with van der Waals surface area (Å²) >= 11 is 0. The zero-order valence-corrected chi connectivity index (χ0v) is 11.3. The van der Waals surface area contributed by atoms with Crippen LogP contribution in [0.15, 0.2) is 36.4 Å². The van der Waals surface area contributed by atoms with Crippen molar-refractivity contribution in [3.8, 4) is 5.75 Å². The first-order chi connectivity index (χ1) is 10.0. The molecule has 6 heteroatoms. The van der Waals surface area contributed by atoms with Crippen LogP contribution in [0.1, 0.15) is 17.3 Å². The van der Waals surface area contributed by atoms with Crippen LogP contribution in [0.4, 0.5) is 20.2 Å². The van der Waals surface area contributed by atoms with Crippen LogP contribution < -0.4 is 15.8 Å². The van der Waals surface area contributed by atoms with Gasteiger partial charge in [-0.2, -0.15) is 0 Å². The number of amides is 1. The number of hydrogen-bond acceptors (Lipinski definition) is 3. The highest BCUT2D eigenvalue weighted by molar-refractivity contribution is 6.08. The average Bonchev–Trinajstić information content (AvgIpc) is 2.45. The number of nitrogen functional groups attached to an aromatic ring is 1. The molecule has 2 aromatic carbocycles. The first kappa shape index (κ1) is 14.8. The van der Waals surface area contributed by atoms with Gasteiger partial charge in [0.1, 0.15) is 17.4 Å². The van der Waals surface area contributed by atoms with E-state index in [1.807, 2.05) is 0 Å². The number of para-hydroxylation sites is 1. The molecule has 0 saturated heterocycles. The molecule has 4 nitrogen and oxygen atoms in total. The molecule has 0 aromatic heterocycles. The van der Waals surface area contributed by atoms with Gasteiger partial charge in [0.25, 0.3) is 5.91 Å². The van der Waals surface area contributed by atoms with Gasteiger partial charge < -0.3 is 15.8 Å². The topological polar surface area (TPSA) is 64.3 Å². The normalized spacial score (nSPS) is 10.2. The molecule has 0 atom stereocenters. The van der Waals surface area contributed by atoms with Crippen molar-refractivity contribution in [2.24, 2.45) is 0 Å². The molecule has 0 saturated carbocycles. The molecule has 0 unspecified atom stereocenters. The summed E-state index contributed by atoms with van der Waals surface area (Å²) in [5.74, 6) is -1.56. The standard InChI is InChI=1S/C15H14F2N2O2/c1-2-21-13-8-9(16)6-7-12(13)19-15(20)10-4-3-5-11(17)14(10)18/h3-8H,2,18H2,1H3,(H,19,20). The van der Waals surface area contributed by atoms with E-state index in [4.69, 9.17) is 10.5 Å². The van der Waals surface area contributed by atoms with Crippen LogP contribution in [-0.4, -0.2) is 12.5 Å². The van der Waals surface area contributed by atoms with Gasteiger partial charge in [0.05, 0.1) is 23.5 Å². The molecule has 2 rings (SSSR count). The summed E-state index contributed by atoms with van der Waals surface area (Å²) in [6, 6.07) is 7.66. The Balaban J connectivity index is 2.29. The number of ether oxygens (including phenoxy) is 1. The minimum atomic E-state index is -0.674. The van der Waals surface area contributed by atoms with E-state index in [9.17, 15) is 13.6 Å². The van der Waals surface area contributed by atoms with Crippen LogP contribution in [0.5, 0.6) is 5.75 Å². The summed E-state index contributed by atoms with van der Waals surface area (Å²) < 4.78 is 31.8. The zero-order valence-electron chi connectivity index (χ0n) is 11.3. The fraction of sp³-hybridized carbons (Fsp3) is 0.133. The summed E-state index contributed by atoms with van der Waals surface area (Å²) in [5.41, 5.74) is 5.58. The van der Waals surface area contributed by atoms with E-state index in [-0.39, 0.29) is 22.7 Å². The molecule has 0 aliphatic rings. The molecule has 0 radical (unpaired) electrons. The zero-order chi connectivity index (χ0) is 15.4. The molecule has 0 heterocycles. The minimum absolute atomic E-state index is 0.00164. The quantitative estimate of drug-likeness (QED) is 0.851. The van der Waals surface area contributed by atoms with Crippen LogP contribution >= 0.6 is 0 Å². The van der Waals surface area contributed by atoms with Gasteiger partial charge in [-0.15, -0.1) is 0 Å². The molecule has 0 aliphatic heterocycles. The lowest BCUT2D eigenvalue weighted by atomic mass is 10.1. The third-order valence-corrected chi connectivity index (χ3v) is 2.79. The molecule has 3 N–H and O–H groups in total. The lowest BCUT2D eigenvalue weighted by Gasteiger charge is -2.12. The number of benzene rings is 2. The number of carbonyl (C=O) groups is 1. The number of halogens is 2. The highest BCUT2D eigenvalue weighted by Gasteiger charge is 2.15. The molecule has 0 spiro atoms. The maximum absolute atomic E-state index is 13.4. The van der Waals surface area contributed by atoms with Crippen LogP contribution in [0.3, 0.4) is 0 Å². The molecule has 110 valence electrons. The molecule has 0 bridgehead atoms. The predicted octanol–water partition coefficient (Wildman–Crippen LogP) is 3.20. The van der Waals surface area contributed by atoms with Crippen molar-refractivity contribution in [2.45, 2.75) is 6.92 Å². The van der Waals surface area contributed by atoms with Crippen molar-refractivity contribution in [1.29, 1.82) is 0 Å². The van der Waals surface area contributed by atoms with Crippen molar-refractivity contribution in [1.82, 2.24) is 0 Å². The van der Waals surface area contributed by atoms with Crippen LogP contribution in [0.25, 0.3) is 0 Å². The predicted molar refractivity (Wildman–Crippen MR) is 76.3 cm³/mol. The van der Waals surface area contributed by atoms with E-state index in [1.54, 1.807) is 6.92 Å². The maximum atomic E-state index is 13.4. The lowest BCUT2D eigenvalue weighted by molar-refractivity contribution is 0.102. The first-order valence-corrected chi connectivity index (χ1v) is 6.30.